The van der Waals surface area contributed by atoms with Crippen LogP contribution >= 0.6 is 27.5 Å². The summed E-state index contributed by atoms with van der Waals surface area (Å²) in [6.07, 6.45) is 1.71. The van der Waals surface area contributed by atoms with Crippen molar-refractivity contribution in [3.63, 3.8) is 0 Å². The summed E-state index contributed by atoms with van der Waals surface area (Å²) in [5.41, 5.74) is 2.16. The maximum absolute atomic E-state index is 13.7. The third-order valence-electron chi connectivity index (χ3n) is 6.36. The van der Waals surface area contributed by atoms with Gasteiger partial charge in [0, 0.05) is 37.5 Å². The van der Waals surface area contributed by atoms with Gasteiger partial charge in [0.25, 0.3) is 0 Å². The van der Waals surface area contributed by atoms with E-state index >= 15 is 0 Å². The molecule has 0 fully saturated rings. The Balaban J connectivity index is 1.84. The average Bonchev–Trinajstić information content (AvgIpc) is 2.93. The Kier molecular flexibility index (Phi) is 11.4. The number of methoxy groups -OCH3 is 1. The number of nitrogens with one attached hydrogen (secondary N) is 1. The monoisotopic (exact) mass is 649 g/mol. The SMILES string of the molecule is CNC(=O)[C@H](Cc1ccccc1)N(Cc1ccc(Br)cc1)C(=O)CCCN(c1ccc(OC)c(Cl)c1)S(C)(=O)=O. The van der Waals surface area contributed by atoms with E-state index < -0.39 is 16.1 Å². The van der Waals surface area contributed by atoms with Crippen molar-refractivity contribution in [2.45, 2.75) is 31.8 Å². The molecule has 1 N–H and O–H groups in total. The van der Waals surface area contributed by atoms with E-state index in [2.05, 4.69) is 21.2 Å². The highest BCUT2D eigenvalue weighted by Crippen LogP contribution is 2.30. The lowest BCUT2D eigenvalue weighted by Gasteiger charge is -2.31. The normalized spacial score (nSPS) is 11.9. The van der Waals surface area contributed by atoms with Crippen LogP contribution in [0.15, 0.2) is 77.3 Å². The first-order valence-electron chi connectivity index (χ1n) is 12.6. The number of likely N-dealkylation sites (N-methyl/N-ethyl adjacent to an activating group) is 1. The molecule has 0 saturated carbocycles. The maximum Gasteiger partial charge on any atom is 0.242 e. The van der Waals surface area contributed by atoms with Crippen molar-refractivity contribution in [2.75, 3.05) is 31.3 Å². The number of carbonyl (C=O) groups excluding carboxylic acids is 2. The highest BCUT2D eigenvalue weighted by atomic mass is 79.9. The molecule has 0 aromatic heterocycles. The van der Waals surface area contributed by atoms with Crippen LogP contribution in [0.1, 0.15) is 24.0 Å². The quantitative estimate of drug-likeness (QED) is 0.280. The third-order valence-corrected chi connectivity index (χ3v) is 8.38. The van der Waals surface area contributed by atoms with Crippen LogP contribution in [0, 0.1) is 0 Å². The topological polar surface area (TPSA) is 96.0 Å². The number of hydrogen-bond acceptors (Lipinski definition) is 5. The molecule has 3 rings (SSSR count). The van der Waals surface area contributed by atoms with Gasteiger partial charge in [-0.05, 0) is 47.9 Å². The number of nitrogens with zero attached hydrogens (tertiary/aromatic N) is 2. The van der Waals surface area contributed by atoms with E-state index in [1.54, 1.807) is 24.1 Å². The smallest absolute Gasteiger partial charge is 0.242 e. The van der Waals surface area contributed by atoms with Crippen LogP contribution in [0.3, 0.4) is 0 Å². The number of halogens is 2. The fraction of sp³-hybridized carbons (Fsp3) is 0.310. The standard InChI is InChI=1S/C29H33BrClN3O5S/c1-32-29(36)26(18-21-8-5-4-6-9-21)33(20-22-11-13-23(30)14-12-22)28(35)10-7-17-34(40(3,37)38)24-15-16-27(39-2)25(31)19-24/h4-6,8-9,11-16,19,26H,7,10,17-18,20H2,1-3H3,(H,32,36)/t26-/m0/s1. The lowest BCUT2D eigenvalue weighted by molar-refractivity contribution is -0.141. The van der Waals surface area contributed by atoms with E-state index in [9.17, 15) is 18.0 Å². The van der Waals surface area contributed by atoms with Gasteiger partial charge in [-0.2, -0.15) is 0 Å². The fourth-order valence-corrected chi connectivity index (χ4v) is 5.79. The predicted octanol–water partition coefficient (Wildman–Crippen LogP) is 5.04. The minimum absolute atomic E-state index is 0.0364. The summed E-state index contributed by atoms with van der Waals surface area (Å²) in [5.74, 6) is -0.107. The molecule has 11 heteroatoms. The summed E-state index contributed by atoms with van der Waals surface area (Å²) in [5, 5.41) is 2.97. The van der Waals surface area contributed by atoms with Crippen LogP contribution in [-0.4, -0.2) is 58.1 Å². The molecule has 3 aromatic carbocycles. The number of sulfonamides is 1. The molecule has 3 aromatic rings. The lowest BCUT2D eigenvalue weighted by atomic mass is 10.0. The first-order valence-corrected chi connectivity index (χ1v) is 15.7. The Morgan fingerprint density at radius 3 is 2.27 bits per heavy atom. The molecular formula is C29H33BrClN3O5S. The van der Waals surface area contributed by atoms with Crippen molar-refractivity contribution < 1.29 is 22.7 Å². The molecule has 0 heterocycles. The molecule has 0 aliphatic heterocycles. The molecule has 0 bridgehead atoms. The number of hydrogen-bond donors (Lipinski definition) is 1. The van der Waals surface area contributed by atoms with Crippen molar-refractivity contribution in [3.8, 4) is 5.75 Å². The number of benzene rings is 3. The van der Waals surface area contributed by atoms with Gasteiger partial charge in [0.1, 0.15) is 11.8 Å². The van der Waals surface area contributed by atoms with Crippen molar-refractivity contribution in [2.24, 2.45) is 0 Å². The molecule has 0 unspecified atom stereocenters. The number of rotatable bonds is 13. The van der Waals surface area contributed by atoms with E-state index in [1.807, 2.05) is 54.6 Å². The molecule has 214 valence electrons. The first-order chi connectivity index (χ1) is 19.0. The Morgan fingerprint density at radius 2 is 1.70 bits per heavy atom. The van der Waals surface area contributed by atoms with Gasteiger partial charge in [-0.15, -0.1) is 0 Å². The molecule has 0 spiro atoms. The van der Waals surface area contributed by atoms with Crippen LogP contribution in [0.5, 0.6) is 5.75 Å². The summed E-state index contributed by atoms with van der Waals surface area (Å²) in [4.78, 5) is 28.3. The molecule has 0 saturated heterocycles. The molecule has 2 amide bonds. The van der Waals surface area contributed by atoms with Gasteiger partial charge in [-0.3, -0.25) is 13.9 Å². The van der Waals surface area contributed by atoms with Crippen LogP contribution in [-0.2, 0) is 32.6 Å². The lowest BCUT2D eigenvalue weighted by Crippen LogP contribution is -2.49. The van der Waals surface area contributed by atoms with E-state index in [4.69, 9.17) is 16.3 Å². The molecule has 40 heavy (non-hydrogen) atoms. The number of ether oxygens (including phenoxy) is 1. The van der Waals surface area contributed by atoms with Crippen LogP contribution in [0.4, 0.5) is 5.69 Å². The molecule has 1 atom stereocenters. The summed E-state index contributed by atoms with van der Waals surface area (Å²) in [6, 6.07) is 21.0. The van der Waals surface area contributed by atoms with E-state index in [0.29, 0.717) is 17.9 Å². The zero-order valence-electron chi connectivity index (χ0n) is 22.6. The van der Waals surface area contributed by atoms with Crippen molar-refractivity contribution in [3.05, 3.63) is 93.4 Å². The number of amides is 2. The fourth-order valence-electron chi connectivity index (χ4n) is 4.32. The van der Waals surface area contributed by atoms with E-state index in [1.165, 1.54) is 17.5 Å². The summed E-state index contributed by atoms with van der Waals surface area (Å²) in [6.45, 7) is 0.281. The Hall–Kier alpha value is -3.08. The summed E-state index contributed by atoms with van der Waals surface area (Å²) < 4.78 is 32.5. The minimum Gasteiger partial charge on any atom is -0.495 e. The Morgan fingerprint density at radius 1 is 1.02 bits per heavy atom. The van der Waals surface area contributed by atoms with Crippen molar-refractivity contribution in [1.29, 1.82) is 0 Å². The first kappa shape index (κ1) is 31.4. The second-order valence-electron chi connectivity index (χ2n) is 9.23. The molecule has 8 nitrogen and oxygen atoms in total. The van der Waals surface area contributed by atoms with Crippen molar-refractivity contribution in [1.82, 2.24) is 10.2 Å². The number of anilines is 1. The summed E-state index contributed by atoms with van der Waals surface area (Å²) in [7, 11) is -0.634. The molecule has 0 aliphatic carbocycles. The van der Waals surface area contributed by atoms with Gasteiger partial charge >= 0.3 is 0 Å². The average molecular weight is 651 g/mol. The second-order valence-corrected chi connectivity index (χ2v) is 12.5. The van der Waals surface area contributed by atoms with Crippen LogP contribution < -0.4 is 14.4 Å². The predicted molar refractivity (Wildman–Crippen MR) is 162 cm³/mol. The maximum atomic E-state index is 13.7. The number of carbonyl (C=O) groups is 2. The zero-order chi connectivity index (χ0) is 29.3. The second kappa shape index (κ2) is 14.5. The van der Waals surface area contributed by atoms with Gasteiger partial charge in [0.15, 0.2) is 0 Å². The Labute approximate surface area is 249 Å². The zero-order valence-corrected chi connectivity index (χ0v) is 25.8. The van der Waals surface area contributed by atoms with Gasteiger partial charge in [0.2, 0.25) is 21.8 Å². The van der Waals surface area contributed by atoms with Gasteiger partial charge in [-0.1, -0.05) is 70.0 Å². The van der Waals surface area contributed by atoms with Gasteiger partial charge in [-0.25, -0.2) is 8.42 Å². The van der Waals surface area contributed by atoms with E-state index in [0.717, 1.165) is 21.9 Å². The largest absolute Gasteiger partial charge is 0.495 e. The van der Waals surface area contributed by atoms with Gasteiger partial charge in [0.05, 0.1) is 24.1 Å². The summed E-state index contributed by atoms with van der Waals surface area (Å²) >= 11 is 9.66. The van der Waals surface area contributed by atoms with Crippen LogP contribution in [0.25, 0.3) is 0 Å². The third kappa shape index (κ3) is 8.71. The van der Waals surface area contributed by atoms with Crippen LogP contribution in [0.2, 0.25) is 5.02 Å². The molecule has 0 aliphatic rings. The van der Waals surface area contributed by atoms with Crippen molar-refractivity contribution >= 4 is 55.1 Å². The molecular weight excluding hydrogens is 618 g/mol. The van der Waals surface area contributed by atoms with E-state index in [-0.39, 0.29) is 42.8 Å². The highest BCUT2D eigenvalue weighted by molar-refractivity contribution is 9.10. The van der Waals surface area contributed by atoms with Gasteiger partial charge < -0.3 is 15.0 Å². The Bertz CT molecular complexity index is 1400. The highest BCUT2D eigenvalue weighted by Gasteiger charge is 2.30. The minimum atomic E-state index is -3.66. The molecule has 0 radical (unpaired) electrons.